The van der Waals surface area contributed by atoms with E-state index in [1.54, 1.807) is 0 Å². The van der Waals surface area contributed by atoms with Gasteiger partial charge in [-0.3, -0.25) is 9.59 Å². The van der Waals surface area contributed by atoms with Gasteiger partial charge in [-0.05, 0) is 23.7 Å². The predicted molar refractivity (Wildman–Crippen MR) is 117 cm³/mol. The summed E-state index contributed by atoms with van der Waals surface area (Å²) in [6.45, 7) is 22.2. The zero-order chi connectivity index (χ0) is 21.8. The van der Waals surface area contributed by atoms with Gasteiger partial charge in [-0.1, -0.05) is 94.9 Å². The number of hydrogen-bond donors (Lipinski definition) is 2. The molecule has 26 heavy (non-hydrogen) atoms. The molecule has 0 saturated heterocycles. The van der Waals surface area contributed by atoms with Crippen molar-refractivity contribution in [2.24, 2.45) is 28.7 Å². The fraction of sp³-hybridized carbons (Fsp3) is 0.909. The molecule has 0 aliphatic heterocycles. The molecule has 0 aliphatic carbocycles. The predicted octanol–water partition coefficient (Wildman–Crippen LogP) is 6.06. The van der Waals surface area contributed by atoms with E-state index in [2.05, 4.69) is 41.5 Å². The average Bonchev–Trinajstić information content (AvgIpc) is 2.65. The Kier molecular flexibility index (Phi) is 27.6. The monoisotopic (exact) mass is 374 g/mol. The van der Waals surface area contributed by atoms with Gasteiger partial charge in [-0.2, -0.15) is 0 Å². The standard InChI is InChI=1S/C14H30.C4H8N2O2.2C2H6/c1-7-13(8-2)11-14(9-3,10-4)12(5)6;5-3(7)1-2-4(6)8;2*1-2/h12-13H,7-11H2,1-6H3;1-2H2,(H2,5,7)(H2,6,8);2*1-2H3. The molecule has 0 bridgehead atoms. The Morgan fingerprint density at radius 2 is 1.08 bits per heavy atom. The topological polar surface area (TPSA) is 86.2 Å². The first-order chi connectivity index (χ1) is 12.2. The normalized spacial score (nSPS) is 10.0. The van der Waals surface area contributed by atoms with E-state index in [4.69, 9.17) is 11.5 Å². The van der Waals surface area contributed by atoms with Crippen molar-refractivity contribution in [2.45, 2.75) is 114 Å². The van der Waals surface area contributed by atoms with Crippen molar-refractivity contribution < 1.29 is 9.59 Å². The van der Waals surface area contributed by atoms with E-state index in [1.165, 1.54) is 32.1 Å². The van der Waals surface area contributed by atoms with E-state index in [9.17, 15) is 9.59 Å². The summed E-state index contributed by atoms with van der Waals surface area (Å²) in [6.07, 6.45) is 6.93. The first-order valence-corrected chi connectivity index (χ1v) is 10.7. The molecule has 4 nitrogen and oxygen atoms in total. The van der Waals surface area contributed by atoms with E-state index in [0.717, 1.165) is 11.8 Å². The van der Waals surface area contributed by atoms with Gasteiger partial charge in [-0.25, -0.2) is 0 Å². The number of amides is 2. The number of hydrogen-bond acceptors (Lipinski definition) is 2. The zero-order valence-electron chi connectivity index (χ0n) is 19.6. The lowest BCUT2D eigenvalue weighted by atomic mass is 9.67. The summed E-state index contributed by atoms with van der Waals surface area (Å²) in [4.78, 5) is 19.8. The van der Waals surface area contributed by atoms with Gasteiger partial charge >= 0.3 is 0 Å². The molecule has 0 aliphatic rings. The van der Waals surface area contributed by atoms with Crippen molar-refractivity contribution in [3.05, 3.63) is 0 Å². The van der Waals surface area contributed by atoms with Crippen LogP contribution >= 0.6 is 0 Å². The molecular formula is C22H50N2O2. The Hall–Kier alpha value is -1.06. The van der Waals surface area contributed by atoms with Gasteiger partial charge in [0, 0.05) is 12.8 Å². The molecule has 4 heteroatoms. The summed E-state index contributed by atoms with van der Waals surface area (Å²) in [5.74, 6) is 0.781. The maximum atomic E-state index is 9.92. The Labute approximate surface area is 164 Å². The van der Waals surface area contributed by atoms with Crippen LogP contribution < -0.4 is 11.5 Å². The number of rotatable bonds is 10. The highest BCUT2D eigenvalue weighted by Gasteiger charge is 2.31. The fourth-order valence-electron chi connectivity index (χ4n) is 2.99. The summed E-state index contributed by atoms with van der Waals surface area (Å²) in [5.41, 5.74) is 10.00. The Balaban J connectivity index is -0.000000171. The van der Waals surface area contributed by atoms with Crippen LogP contribution in [0.2, 0.25) is 0 Å². The van der Waals surface area contributed by atoms with E-state index < -0.39 is 11.8 Å². The van der Waals surface area contributed by atoms with Crippen molar-refractivity contribution in [1.82, 2.24) is 0 Å². The van der Waals surface area contributed by atoms with E-state index >= 15 is 0 Å². The molecule has 0 atom stereocenters. The smallest absolute Gasteiger partial charge is 0.217 e. The molecule has 0 aromatic heterocycles. The van der Waals surface area contributed by atoms with Gasteiger partial charge in [-0.15, -0.1) is 0 Å². The first kappa shape index (κ1) is 32.6. The summed E-state index contributed by atoms with van der Waals surface area (Å²) in [5, 5.41) is 0. The highest BCUT2D eigenvalue weighted by molar-refractivity contribution is 5.81. The molecule has 0 aromatic rings. The maximum Gasteiger partial charge on any atom is 0.217 e. The molecule has 2 amide bonds. The third kappa shape index (κ3) is 17.8. The SMILES string of the molecule is CC.CC.CCC(CC)CC(CC)(CC)C(C)C.NC(=O)CCC(N)=O. The molecule has 4 N–H and O–H groups in total. The molecule has 0 rings (SSSR count). The molecule has 0 unspecified atom stereocenters. The van der Waals surface area contributed by atoms with Crippen LogP contribution in [0.4, 0.5) is 0 Å². The minimum absolute atomic E-state index is 0.0509. The van der Waals surface area contributed by atoms with Crippen molar-refractivity contribution in [3.63, 3.8) is 0 Å². The Morgan fingerprint density at radius 1 is 0.769 bits per heavy atom. The van der Waals surface area contributed by atoms with Crippen molar-refractivity contribution in [2.75, 3.05) is 0 Å². The Bertz CT molecular complexity index is 293. The molecule has 160 valence electrons. The maximum absolute atomic E-state index is 9.92. The summed E-state index contributed by atoms with van der Waals surface area (Å²) >= 11 is 0. The number of nitrogens with two attached hydrogens (primary N) is 2. The third-order valence-electron chi connectivity index (χ3n) is 5.10. The lowest BCUT2D eigenvalue weighted by Crippen LogP contribution is -2.28. The highest BCUT2D eigenvalue weighted by atomic mass is 16.2. The molecule has 0 saturated carbocycles. The van der Waals surface area contributed by atoms with Crippen LogP contribution in [0.15, 0.2) is 0 Å². The van der Waals surface area contributed by atoms with Crippen LogP contribution in [0.1, 0.15) is 114 Å². The molecule has 0 spiro atoms. The van der Waals surface area contributed by atoms with Crippen molar-refractivity contribution in [3.8, 4) is 0 Å². The number of carbonyl (C=O) groups excluding carboxylic acids is 2. The third-order valence-corrected chi connectivity index (χ3v) is 5.10. The van der Waals surface area contributed by atoms with Gasteiger partial charge in [0.05, 0.1) is 0 Å². The molecule has 0 aromatic carbocycles. The van der Waals surface area contributed by atoms with E-state index in [0.29, 0.717) is 5.41 Å². The van der Waals surface area contributed by atoms with E-state index in [-0.39, 0.29) is 12.8 Å². The summed E-state index contributed by atoms with van der Waals surface area (Å²) in [6, 6.07) is 0. The van der Waals surface area contributed by atoms with Gasteiger partial charge in [0.25, 0.3) is 0 Å². The van der Waals surface area contributed by atoms with Gasteiger partial charge in [0.15, 0.2) is 0 Å². The van der Waals surface area contributed by atoms with Crippen LogP contribution in [0, 0.1) is 17.3 Å². The summed E-state index contributed by atoms with van der Waals surface area (Å²) in [7, 11) is 0. The molecule has 0 radical (unpaired) electrons. The lowest BCUT2D eigenvalue weighted by molar-refractivity contribution is -0.123. The highest BCUT2D eigenvalue weighted by Crippen LogP contribution is 2.42. The minimum atomic E-state index is -0.496. The first-order valence-electron chi connectivity index (χ1n) is 10.7. The van der Waals surface area contributed by atoms with Crippen LogP contribution in [0.25, 0.3) is 0 Å². The number of primary amides is 2. The van der Waals surface area contributed by atoms with Gasteiger partial charge < -0.3 is 11.5 Å². The van der Waals surface area contributed by atoms with Crippen molar-refractivity contribution in [1.29, 1.82) is 0 Å². The van der Waals surface area contributed by atoms with Gasteiger partial charge in [0.1, 0.15) is 0 Å². The number of carbonyl (C=O) groups is 2. The summed E-state index contributed by atoms with van der Waals surface area (Å²) < 4.78 is 0. The van der Waals surface area contributed by atoms with Crippen LogP contribution in [0.3, 0.4) is 0 Å². The molecule has 0 heterocycles. The van der Waals surface area contributed by atoms with Crippen LogP contribution in [-0.2, 0) is 9.59 Å². The second kappa shape index (κ2) is 22.0. The van der Waals surface area contributed by atoms with Gasteiger partial charge in [0.2, 0.25) is 11.8 Å². The minimum Gasteiger partial charge on any atom is -0.370 e. The fourth-order valence-corrected chi connectivity index (χ4v) is 2.99. The van der Waals surface area contributed by atoms with E-state index in [1.807, 2.05) is 27.7 Å². The lowest BCUT2D eigenvalue weighted by Gasteiger charge is -2.39. The van der Waals surface area contributed by atoms with Crippen LogP contribution in [-0.4, -0.2) is 11.8 Å². The second-order valence-corrected chi connectivity index (χ2v) is 6.54. The Morgan fingerprint density at radius 3 is 1.23 bits per heavy atom. The quantitative estimate of drug-likeness (QED) is 0.486. The average molecular weight is 375 g/mol. The van der Waals surface area contributed by atoms with Crippen molar-refractivity contribution >= 4 is 11.8 Å². The molecular weight excluding hydrogens is 324 g/mol. The second-order valence-electron chi connectivity index (χ2n) is 6.54. The zero-order valence-corrected chi connectivity index (χ0v) is 19.6. The largest absolute Gasteiger partial charge is 0.370 e. The van der Waals surface area contributed by atoms with Crippen LogP contribution in [0.5, 0.6) is 0 Å². The molecule has 0 fully saturated rings.